The molecule has 11 heavy (non-hydrogen) atoms. The molecule has 0 aromatic heterocycles. The second-order valence-corrected chi connectivity index (χ2v) is 3.42. The molecule has 0 aromatic carbocycles. The van der Waals surface area contributed by atoms with Crippen molar-refractivity contribution < 1.29 is 34.3 Å². The van der Waals surface area contributed by atoms with E-state index in [-0.39, 0.29) is 29.6 Å². The smallest absolute Gasteiger partial charge is 0.411 e. The summed E-state index contributed by atoms with van der Waals surface area (Å²) in [5, 5.41) is 0. The first-order chi connectivity index (χ1) is 4.72. The Morgan fingerprint density at radius 3 is 2.73 bits per heavy atom. The van der Waals surface area contributed by atoms with E-state index < -0.39 is 0 Å². The molecular formula is C6H10NNaOS2. The molecule has 1 atom stereocenters. The molecule has 0 N–H and O–H groups in total. The molecule has 58 valence electrons. The summed E-state index contributed by atoms with van der Waals surface area (Å²) in [7, 11) is 0. The SMILES string of the molecule is CC1COCCN1C(=S)[S-].[Na+]. The number of morpholine rings is 1. The summed E-state index contributed by atoms with van der Waals surface area (Å²) >= 11 is 9.76. The summed E-state index contributed by atoms with van der Waals surface area (Å²) in [4.78, 5) is 2.02. The number of ether oxygens (including phenoxy) is 1. The number of thiocarbonyl (C=S) groups is 1. The van der Waals surface area contributed by atoms with Crippen LogP contribution in [0.15, 0.2) is 0 Å². The van der Waals surface area contributed by atoms with Crippen molar-refractivity contribution in [2.24, 2.45) is 0 Å². The molecule has 2 nitrogen and oxygen atoms in total. The van der Waals surface area contributed by atoms with Gasteiger partial charge in [-0.15, -0.1) is 0 Å². The number of hydrogen-bond acceptors (Lipinski definition) is 3. The summed E-state index contributed by atoms with van der Waals surface area (Å²) < 4.78 is 5.78. The Bertz CT molecular complexity index is 145. The summed E-state index contributed by atoms with van der Waals surface area (Å²) in [6, 6.07) is 0.360. The van der Waals surface area contributed by atoms with Gasteiger partial charge in [-0.05, 0) is 6.92 Å². The van der Waals surface area contributed by atoms with Gasteiger partial charge in [0.2, 0.25) is 0 Å². The normalized spacial score (nSPS) is 24.1. The zero-order valence-electron chi connectivity index (χ0n) is 6.87. The summed E-state index contributed by atoms with van der Waals surface area (Å²) in [5.41, 5.74) is 0. The van der Waals surface area contributed by atoms with Crippen LogP contribution in [0.2, 0.25) is 0 Å². The van der Waals surface area contributed by atoms with E-state index in [4.69, 9.17) is 29.6 Å². The number of hydrogen-bond donors (Lipinski definition) is 0. The van der Waals surface area contributed by atoms with Crippen LogP contribution in [0.5, 0.6) is 0 Å². The minimum atomic E-state index is 0. The predicted octanol–water partition coefficient (Wildman–Crippen LogP) is -2.46. The maximum atomic E-state index is 5.21. The van der Waals surface area contributed by atoms with Crippen molar-refractivity contribution in [2.75, 3.05) is 19.8 Å². The van der Waals surface area contributed by atoms with Gasteiger partial charge < -0.3 is 34.5 Å². The molecule has 1 heterocycles. The first-order valence-electron chi connectivity index (χ1n) is 3.27. The van der Waals surface area contributed by atoms with Crippen LogP contribution in [0.3, 0.4) is 0 Å². The predicted molar refractivity (Wildman–Crippen MR) is 47.0 cm³/mol. The molecular weight excluding hydrogens is 189 g/mol. The van der Waals surface area contributed by atoms with Gasteiger partial charge >= 0.3 is 29.6 Å². The summed E-state index contributed by atoms with van der Waals surface area (Å²) in [5.74, 6) is 0. The van der Waals surface area contributed by atoms with Crippen molar-refractivity contribution in [3.63, 3.8) is 0 Å². The Kier molecular flexibility index (Phi) is 6.22. The van der Waals surface area contributed by atoms with Crippen molar-refractivity contribution in [3.8, 4) is 0 Å². The topological polar surface area (TPSA) is 12.5 Å². The molecule has 1 unspecified atom stereocenters. The average Bonchev–Trinajstić information content (AvgIpc) is 1.88. The van der Waals surface area contributed by atoms with Crippen molar-refractivity contribution in [1.82, 2.24) is 4.90 Å². The molecule has 0 saturated carbocycles. The van der Waals surface area contributed by atoms with Gasteiger partial charge in [0.1, 0.15) is 0 Å². The average molecular weight is 199 g/mol. The molecule has 0 bridgehead atoms. The van der Waals surface area contributed by atoms with Crippen molar-refractivity contribution >= 4 is 29.2 Å². The third-order valence-corrected chi connectivity index (χ3v) is 2.07. The molecule has 0 spiro atoms. The zero-order chi connectivity index (χ0) is 7.56. The molecule has 1 aliphatic heterocycles. The molecule has 1 rings (SSSR count). The zero-order valence-corrected chi connectivity index (χ0v) is 10.5. The van der Waals surface area contributed by atoms with Gasteiger partial charge in [0, 0.05) is 12.6 Å². The van der Waals surface area contributed by atoms with Gasteiger partial charge in [0.05, 0.1) is 13.2 Å². The van der Waals surface area contributed by atoms with E-state index in [2.05, 4.69) is 6.92 Å². The second kappa shape index (κ2) is 5.67. The van der Waals surface area contributed by atoms with Gasteiger partial charge in [-0.3, -0.25) is 0 Å². The van der Waals surface area contributed by atoms with Crippen molar-refractivity contribution in [1.29, 1.82) is 0 Å². The third kappa shape index (κ3) is 3.53. The van der Waals surface area contributed by atoms with Crippen molar-refractivity contribution in [2.45, 2.75) is 13.0 Å². The first kappa shape index (κ1) is 12.1. The fourth-order valence-electron chi connectivity index (χ4n) is 0.998. The van der Waals surface area contributed by atoms with E-state index in [1.165, 1.54) is 0 Å². The van der Waals surface area contributed by atoms with Gasteiger partial charge in [0.15, 0.2) is 0 Å². The van der Waals surface area contributed by atoms with Gasteiger partial charge in [-0.1, -0.05) is 4.32 Å². The first-order valence-corrected chi connectivity index (χ1v) is 4.09. The maximum Gasteiger partial charge on any atom is 1.00 e. The molecule has 1 aliphatic rings. The Morgan fingerprint density at radius 2 is 2.36 bits per heavy atom. The molecule has 0 amide bonds. The summed E-state index contributed by atoms with van der Waals surface area (Å²) in [6.07, 6.45) is 0. The monoisotopic (exact) mass is 199 g/mol. The van der Waals surface area contributed by atoms with Gasteiger partial charge in [-0.25, -0.2) is 0 Å². The Labute approximate surface area is 100 Å². The van der Waals surface area contributed by atoms with Crippen LogP contribution in [-0.2, 0) is 17.4 Å². The largest absolute Gasteiger partial charge is 1.00 e. The minimum Gasteiger partial charge on any atom is -0.411 e. The van der Waals surface area contributed by atoms with E-state index in [9.17, 15) is 0 Å². The number of nitrogens with zero attached hydrogens (tertiary/aromatic N) is 1. The van der Waals surface area contributed by atoms with Crippen LogP contribution in [0.4, 0.5) is 0 Å². The molecule has 5 heteroatoms. The van der Waals surface area contributed by atoms with Crippen LogP contribution < -0.4 is 29.6 Å². The van der Waals surface area contributed by atoms with Crippen LogP contribution >= 0.6 is 12.2 Å². The van der Waals surface area contributed by atoms with E-state index in [0.717, 1.165) is 19.8 Å². The van der Waals surface area contributed by atoms with Gasteiger partial charge in [0.25, 0.3) is 0 Å². The molecule has 0 radical (unpaired) electrons. The van der Waals surface area contributed by atoms with Crippen LogP contribution in [0.1, 0.15) is 6.92 Å². The maximum absolute atomic E-state index is 5.21. The fraction of sp³-hybridized carbons (Fsp3) is 0.833. The molecule has 1 saturated heterocycles. The van der Waals surface area contributed by atoms with Crippen LogP contribution in [-0.4, -0.2) is 35.0 Å². The molecule has 0 aromatic rings. The Balaban J connectivity index is 0.000001000. The van der Waals surface area contributed by atoms with Crippen molar-refractivity contribution in [3.05, 3.63) is 0 Å². The quantitative estimate of drug-likeness (QED) is 0.244. The second-order valence-electron chi connectivity index (χ2n) is 2.38. The van der Waals surface area contributed by atoms with Crippen LogP contribution in [0.25, 0.3) is 0 Å². The Morgan fingerprint density at radius 1 is 1.73 bits per heavy atom. The molecule has 1 fully saturated rings. The van der Waals surface area contributed by atoms with E-state index in [1.807, 2.05) is 4.90 Å². The van der Waals surface area contributed by atoms with E-state index >= 15 is 0 Å². The van der Waals surface area contributed by atoms with E-state index in [0.29, 0.717) is 10.4 Å². The van der Waals surface area contributed by atoms with Gasteiger partial charge in [-0.2, -0.15) is 0 Å². The number of rotatable bonds is 0. The van der Waals surface area contributed by atoms with Crippen LogP contribution in [0, 0.1) is 0 Å². The van der Waals surface area contributed by atoms with E-state index in [1.54, 1.807) is 0 Å². The summed E-state index contributed by atoms with van der Waals surface area (Å²) in [6.45, 7) is 4.42. The standard InChI is InChI=1S/C6H11NOS2.Na/c1-5-4-8-3-2-7(5)6(9)10;/h5H,2-4H2,1H3,(H,9,10);/q;+1/p-1. The fourth-order valence-corrected chi connectivity index (χ4v) is 1.54. The Hall–Kier alpha value is 1.07. The molecule has 0 aliphatic carbocycles. The third-order valence-electron chi connectivity index (χ3n) is 1.60. The minimum absolute atomic E-state index is 0.